The summed E-state index contributed by atoms with van der Waals surface area (Å²) >= 11 is 1.72. The molecule has 3 heteroatoms. The first-order valence-corrected chi connectivity index (χ1v) is 6.33. The Labute approximate surface area is 89.5 Å². The van der Waals surface area contributed by atoms with Gasteiger partial charge in [0.05, 0.1) is 6.04 Å². The first kappa shape index (κ1) is 10.1. The minimum atomic E-state index is 0.189. The highest BCUT2D eigenvalue weighted by Crippen LogP contribution is 2.33. The fourth-order valence-electron chi connectivity index (χ4n) is 2.22. The van der Waals surface area contributed by atoms with Gasteiger partial charge in [-0.05, 0) is 25.7 Å². The van der Waals surface area contributed by atoms with Crippen molar-refractivity contribution in [3.8, 4) is 0 Å². The summed E-state index contributed by atoms with van der Waals surface area (Å²) in [6.07, 6.45) is 6.67. The van der Waals surface area contributed by atoms with E-state index in [0.29, 0.717) is 5.92 Å². The largest absolute Gasteiger partial charge is 0.322 e. The fraction of sp³-hybridized carbons (Fsp3) is 0.727. The van der Waals surface area contributed by atoms with Crippen LogP contribution in [0.15, 0.2) is 5.38 Å². The van der Waals surface area contributed by atoms with E-state index < -0.39 is 0 Å². The molecule has 2 rings (SSSR count). The Hall–Kier alpha value is -0.410. The first-order chi connectivity index (χ1) is 6.77. The van der Waals surface area contributed by atoms with Crippen molar-refractivity contribution >= 4 is 11.3 Å². The van der Waals surface area contributed by atoms with E-state index in [2.05, 4.69) is 10.4 Å². The van der Waals surface area contributed by atoms with Crippen LogP contribution >= 0.6 is 11.3 Å². The Kier molecular flexibility index (Phi) is 3.19. The molecule has 1 aliphatic carbocycles. The third-order valence-electron chi connectivity index (χ3n) is 3.08. The standard InChI is InChI=1S/C11H18N2S/c1-8-7-14-11(13-8)10(12)9-5-3-2-4-6-9/h7,9-10H,2-6,12H2,1H3. The maximum atomic E-state index is 6.23. The zero-order valence-corrected chi connectivity index (χ0v) is 9.52. The van der Waals surface area contributed by atoms with Crippen molar-refractivity contribution in [2.45, 2.75) is 45.1 Å². The molecule has 0 saturated heterocycles. The molecule has 0 radical (unpaired) electrons. The van der Waals surface area contributed by atoms with Gasteiger partial charge in [-0.3, -0.25) is 0 Å². The summed E-state index contributed by atoms with van der Waals surface area (Å²) in [5.74, 6) is 0.675. The second kappa shape index (κ2) is 4.41. The quantitative estimate of drug-likeness (QED) is 0.815. The van der Waals surface area contributed by atoms with Gasteiger partial charge >= 0.3 is 0 Å². The van der Waals surface area contributed by atoms with Crippen LogP contribution in [-0.2, 0) is 0 Å². The molecule has 1 saturated carbocycles. The average Bonchev–Trinajstić information content (AvgIpc) is 2.65. The molecule has 0 amide bonds. The monoisotopic (exact) mass is 210 g/mol. The summed E-state index contributed by atoms with van der Waals surface area (Å²) in [5.41, 5.74) is 7.34. The number of hydrogen-bond acceptors (Lipinski definition) is 3. The Morgan fingerprint density at radius 2 is 2.14 bits per heavy atom. The van der Waals surface area contributed by atoms with Crippen molar-refractivity contribution < 1.29 is 0 Å². The lowest BCUT2D eigenvalue weighted by atomic mass is 9.84. The van der Waals surface area contributed by atoms with Crippen LogP contribution < -0.4 is 5.73 Å². The van der Waals surface area contributed by atoms with Crippen LogP contribution in [0.4, 0.5) is 0 Å². The van der Waals surface area contributed by atoms with E-state index in [9.17, 15) is 0 Å². The van der Waals surface area contributed by atoms with Gasteiger partial charge in [-0.25, -0.2) is 4.98 Å². The van der Waals surface area contributed by atoms with E-state index in [0.717, 1.165) is 10.7 Å². The van der Waals surface area contributed by atoms with E-state index in [1.807, 2.05) is 6.92 Å². The zero-order chi connectivity index (χ0) is 9.97. The smallest absolute Gasteiger partial charge is 0.110 e. The molecule has 1 aromatic rings. The Balaban J connectivity index is 2.03. The molecular formula is C11H18N2S. The first-order valence-electron chi connectivity index (χ1n) is 5.45. The van der Waals surface area contributed by atoms with Crippen molar-refractivity contribution in [3.63, 3.8) is 0 Å². The molecule has 1 aliphatic rings. The molecule has 1 aromatic heterocycles. The van der Waals surface area contributed by atoms with Crippen molar-refractivity contribution in [1.29, 1.82) is 0 Å². The lowest BCUT2D eigenvalue weighted by Gasteiger charge is -2.25. The van der Waals surface area contributed by atoms with Gasteiger partial charge in [-0.1, -0.05) is 19.3 Å². The van der Waals surface area contributed by atoms with Crippen molar-refractivity contribution in [3.05, 3.63) is 16.1 Å². The minimum absolute atomic E-state index is 0.189. The predicted octanol–water partition coefficient (Wildman–Crippen LogP) is 3.03. The number of hydrogen-bond donors (Lipinski definition) is 1. The van der Waals surface area contributed by atoms with E-state index in [4.69, 9.17) is 5.73 Å². The molecule has 1 unspecified atom stereocenters. The summed E-state index contributed by atoms with van der Waals surface area (Å²) in [5, 5.41) is 3.23. The van der Waals surface area contributed by atoms with Gasteiger partial charge < -0.3 is 5.73 Å². The number of thiazole rings is 1. The van der Waals surface area contributed by atoms with Gasteiger partial charge in [0.1, 0.15) is 5.01 Å². The maximum absolute atomic E-state index is 6.23. The molecule has 0 spiro atoms. The fourth-order valence-corrected chi connectivity index (χ4v) is 3.11. The molecule has 1 heterocycles. The van der Waals surface area contributed by atoms with E-state index in [-0.39, 0.29) is 6.04 Å². The average molecular weight is 210 g/mol. The lowest BCUT2D eigenvalue weighted by Crippen LogP contribution is -2.23. The van der Waals surface area contributed by atoms with Crippen molar-refractivity contribution in [1.82, 2.24) is 4.98 Å². The number of nitrogens with two attached hydrogens (primary N) is 1. The summed E-state index contributed by atoms with van der Waals surface area (Å²) in [6.45, 7) is 2.04. The van der Waals surface area contributed by atoms with Gasteiger partial charge in [-0.2, -0.15) is 0 Å². The molecule has 78 valence electrons. The molecule has 0 bridgehead atoms. The number of rotatable bonds is 2. The maximum Gasteiger partial charge on any atom is 0.110 e. The Morgan fingerprint density at radius 3 is 2.71 bits per heavy atom. The van der Waals surface area contributed by atoms with E-state index in [1.54, 1.807) is 11.3 Å². The Morgan fingerprint density at radius 1 is 1.43 bits per heavy atom. The molecule has 0 aliphatic heterocycles. The second-order valence-corrected chi connectivity index (χ2v) is 5.14. The summed E-state index contributed by atoms with van der Waals surface area (Å²) < 4.78 is 0. The van der Waals surface area contributed by atoms with Gasteiger partial charge in [0.2, 0.25) is 0 Å². The third-order valence-corrected chi connectivity index (χ3v) is 4.14. The SMILES string of the molecule is Cc1csc(C(N)C2CCCCC2)n1. The van der Waals surface area contributed by atoms with Crippen LogP contribution in [0.2, 0.25) is 0 Å². The van der Waals surface area contributed by atoms with E-state index in [1.165, 1.54) is 32.1 Å². The van der Waals surface area contributed by atoms with E-state index >= 15 is 0 Å². The topological polar surface area (TPSA) is 38.9 Å². The highest BCUT2D eigenvalue weighted by Gasteiger charge is 2.23. The van der Waals surface area contributed by atoms with Crippen molar-refractivity contribution in [2.75, 3.05) is 0 Å². The van der Waals surface area contributed by atoms with Crippen LogP contribution in [0.25, 0.3) is 0 Å². The number of nitrogens with zero attached hydrogens (tertiary/aromatic N) is 1. The van der Waals surface area contributed by atoms with Gasteiger partial charge in [0, 0.05) is 11.1 Å². The summed E-state index contributed by atoms with van der Waals surface area (Å²) in [6, 6.07) is 0.189. The van der Waals surface area contributed by atoms with Gasteiger partial charge in [0.15, 0.2) is 0 Å². The van der Waals surface area contributed by atoms with Crippen molar-refractivity contribution in [2.24, 2.45) is 11.7 Å². The second-order valence-electron chi connectivity index (χ2n) is 4.25. The molecular weight excluding hydrogens is 192 g/mol. The van der Waals surface area contributed by atoms with Gasteiger partial charge in [-0.15, -0.1) is 11.3 Å². The number of aromatic nitrogens is 1. The highest BCUT2D eigenvalue weighted by atomic mass is 32.1. The number of aryl methyl sites for hydroxylation is 1. The van der Waals surface area contributed by atoms with Crippen LogP contribution in [0, 0.1) is 12.8 Å². The highest BCUT2D eigenvalue weighted by molar-refractivity contribution is 7.09. The third kappa shape index (κ3) is 2.15. The van der Waals surface area contributed by atoms with Crippen LogP contribution in [0.5, 0.6) is 0 Å². The normalized spacial score (nSPS) is 21.0. The molecule has 0 aromatic carbocycles. The lowest BCUT2D eigenvalue weighted by molar-refractivity contribution is 0.307. The predicted molar refractivity (Wildman–Crippen MR) is 60.4 cm³/mol. The molecule has 14 heavy (non-hydrogen) atoms. The molecule has 2 N–H and O–H groups in total. The van der Waals surface area contributed by atoms with Crippen LogP contribution in [0.1, 0.15) is 48.8 Å². The van der Waals surface area contributed by atoms with Crippen LogP contribution in [0.3, 0.4) is 0 Å². The zero-order valence-electron chi connectivity index (χ0n) is 8.70. The summed E-state index contributed by atoms with van der Waals surface area (Å²) in [7, 11) is 0. The van der Waals surface area contributed by atoms with Gasteiger partial charge in [0.25, 0.3) is 0 Å². The Bertz CT molecular complexity index is 289. The molecule has 1 atom stereocenters. The molecule has 1 fully saturated rings. The minimum Gasteiger partial charge on any atom is -0.322 e. The van der Waals surface area contributed by atoms with Crippen LogP contribution in [-0.4, -0.2) is 4.98 Å². The molecule has 2 nitrogen and oxygen atoms in total. The summed E-state index contributed by atoms with van der Waals surface area (Å²) in [4.78, 5) is 4.48.